The maximum Gasteiger partial charge on any atom is 0.416 e. The third-order valence-corrected chi connectivity index (χ3v) is 3.25. The van der Waals surface area contributed by atoms with E-state index in [1.165, 1.54) is 12.1 Å². The normalized spacial score (nSPS) is 17.3. The van der Waals surface area contributed by atoms with Crippen LogP contribution in [0.1, 0.15) is 31.2 Å². The van der Waals surface area contributed by atoms with E-state index in [0.29, 0.717) is 11.6 Å². The molecule has 0 unspecified atom stereocenters. The second-order valence-electron chi connectivity index (χ2n) is 4.76. The van der Waals surface area contributed by atoms with Gasteiger partial charge in [-0.3, -0.25) is 5.43 Å². The van der Waals surface area contributed by atoms with Gasteiger partial charge in [-0.25, -0.2) is 10.8 Å². The molecule has 0 radical (unpaired) electrons. The maximum atomic E-state index is 12.4. The number of benzene rings is 1. The van der Waals surface area contributed by atoms with Gasteiger partial charge in [0.15, 0.2) is 0 Å². The molecule has 1 aromatic rings. The highest BCUT2D eigenvalue weighted by Crippen LogP contribution is 2.29. The van der Waals surface area contributed by atoms with E-state index < -0.39 is 11.7 Å². The van der Waals surface area contributed by atoms with Crippen molar-refractivity contribution in [2.24, 2.45) is 10.8 Å². The molecule has 0 aliphatic heterocycles. The highest BCUT2D eigenvalue weighted by molar-refractivity contribution is 5.93. The van der Waals surface area contributed by atoms with E-state index in [0.717, 1.165) is 37.8 Å². The first-order valence-electron chi connectivity index (χ1n) is 6.48. The number of guanidine groups is 1. The van der Waals surface area contributed by atoms with Crippen LogP contribution < -0.4 is 16.6 Å². The monoisotopic (exact) mass is 286 g/mol. The first-order valence-corrected chi connectivity index (χ1v) is 6.48. The molecule has 0 heterocycles. The standard InChI is InChI=1S/C13H17F3N4/c14-13(15,16)9-5-7-11(8-6-9)19-12(20-17)18-10-3-1-2-4-10/h5-8,10H,1-4,17H2,(H2,18,19,20). The Kier molecular flexibility index (Phi) is 4.49. The summed E-state index contributed by atoms with van der Waals surface area (Å²) >= 11 is 0. The van der Waals surface area contributed by atoms with E-state index in [2.05, 4.69) is 15.7 Å². The summed E-state index contributed by atoms with van der Waals surface area (Å²) in [5.74, 6) is 5.75. The van der Waals surface area contributed by atoms with Gasteiger partial charge < -0.3 is 5.32 Å². The first kappa shape index (κ1) is 14.6. The molecule has 0 saturated heterocycles. The lowest BCUT2D eigenvalue weighted by molar-refractivity contribution is -0.137. The van der Waals surface area contributed by atoms with Crippen LogP contribution in [0.3, 0.4) is 0 Å². The van der Waals surface area contributed by atoms with Crippen molar-refractivity contribution in [1.82, 2.24) is 5.43 Å². The van der Waals surface area contributed by atoms with Gasteiger partial charge in [-0.05, 0) is 37.1 Å². The predicted molar refractivity (Wildman–Crippen MR) is 72.1 cm³/mol. The summed E-state index contributed by atoms with van der Waals surface area (Å²) in [7, 11) is 0. The van der Waals surface area contributed by atoms with E-state index in [-0.39, 0.29) is 6.04 Å². The number of aliphatic imine (C=N–C) groups is 1. The largest absolute Gasteiger partial charge is 0.416 e. The first-order chi connectivity index (χ1) is 9.49. The summed E-state index contributed by atoms with van der Waals surface area (Å²) in [5, 5.41) is 2.88. The smallest absolute Gasteiger partial charge is 0.325 e. The molecule has 1 aliphatic carbocycles. The van der Waals surface area contributed by atoms with Gasteiger partial charge in [0.05, 0.1) is 11.6 Å². The second-order valence-corrected chi connectivity index (χ2v) is 4.76. The molecule has 0 atom stereocenters. The van der Waals surface area contributed by atoms with Gasteiger partial charge in [0.25, 0.3) is 0 Å². The number of nitrogens with one attached hydrogen (secondary N) is 2. The summed E-state index contributed by atoms with van der Waals surface area (Å²) in [4.78, 5) is 4.41. The van der Waals surface area contributed by atoms with Gasteiger partial charge in [0.1, 0.15) is 0 Å². The van der Waals surface area contributed by atoms with Crippen molar-refractivity contribution in [3.05, 3.63) is 29.8 Å². The zero-order valence-corrected chi connectivity index (χ0v) is 10.9. The van der Waals surface area contributed by atoms with E-state index in [4.69, 9.17) is 5.84 Å². The molecule has 7 heteroatoms. The highest BCUT2D eigenvalue weighted by Gasteiger charge is 2.29. The van der Waals surface area contributed by atoms with Gasteiger partial charge in [0.2, 0.25) is 5.96 Å². The molecule has 110 valence electrons. The summed E-state index contributed by atoms with van der Waals surface area (Å²) in [6.45, 7) is 0. The van der Waals surface area contributed by atoms with Crippen molar-refractivity contribution in [2.75, 3.05) is 5.32 Å². The Balaban J connectivity index is 2.04. The van der Waals surface area contributed by atoms with Gasteiger partial charge in [-0.2, -0.15) is 13.2 Å². The maximum absolute atomic E-state index is 12.4. The Morgan fingerprint density at radius 1 is 1.15 bits per heavy atom. The fourth-order valence-electron chi connectivity index (χ4n) is 2.20. The fourth-order valence-corrected chi connectivity index (χ4v) is 2.20. The Labute approximate surface area is 115 Å². The molecule has 2 rings (SSSR count). The zero-order valence-electron chi connectivity index (χ0n) is 10.9. The van der Waals surface area contributed by atoms with Crippen LogP contribution >= 0.6 is 0 Å². The molecular formula is C13H17F3N4. The van der Waals surface area contributed by atoms with Crippen LogP contribution in [0.25, 0.3) is 0 Å². The molecule has 0 aromatic heterocycles. The average molecular weight is 286 g/mol. The van der Waals surface area contributed by atoms with Crippen LogP contribution in [-0.2, 0) is 6.18 Å². The summed E-state index contributed by atoms with van der Waals surface area (Å²) in [6.07, 6.45) is -0.0102. The molecule has 0 bridgehead atoms. The van der Waals surface area contributed by atoms with Crippen LogP contribution in [0, 0.1) is 0 Å². The van der Waals surface area contributed by atoms with Gasteiger partial charge in [0, 0.05) is 5.69 Å². The van der Waals surface area contributed by atoms with Crippen molar-refractivity contribution in [3.8, 4) is 0 Å². The zero-order chi connectivity index (χ0) is 14.6. The molecular weight excluding hydrogens is 269 g/mol. The summed E-state index contributed by atoms with van der Waals surface area (Å²) in [6, 6.07) is 4.97. The molecule has 1 aromatic carbocycles. The average Bonchev–Trinajstić information content (AvgIpc) is 2.90. The van der Waals surface area contributed by atoms with Gasteiger partial charge >= 0.3 is 6.18 Å². The lowest BCUT2D eigenvalue weighted by Gasteiger charge is -2.12. The van der Waals surface area contributed by atoms with E-state index >= 15 is 0 Å². The van der Waals surface area contributed by atoms with Gasteiger partial charge in [-0.1, -0.05) is 12.8 Å². The Morgan fingerprint density at radius 3 is 2.25 bits per heavy atom. The topological polar surface area (TPSA) is 62.4 Å². The number of rotatable bonds is 2. The predicted octanol–water partition coefficient (Wildman–Crippen LogP) is 2.88. The lowest BCUT2D eigenvalue weighted by Crippen LogP contribution is -2.37. The third kappa shape index (κ3) is 3.86. The van der Waals surface area contributed by atoms with E-state index in [9.17, 15) is 13.2 Å². The van der Waals surface area contributed by atoms with Crippen LogP contribution in [0.5, 0.6) is 0 Å². The molecule has 20 heavy (non-hydrogen) atoms. The molecule has 0 amide bonds. The molecule has 4 nitrogen and oxygen atoms in total. The molecule has 1 saturated carbocycles. The fraction of sp³-hybridized carbons (Fsp3) is 0.462. The number of hydrogen-bond donors (Lipinski definition) is 3. The second kappa shape index (κ2) is 6.13. The minimum absolute atomic E-state index is 0.225. The number of hydrogen-bond acceptors (Lipinski definition) is 2. The minimum Gasteiger partial charge on any atom is -0.325 e. The third-order valence-electron chi connectivity index (χ3n) is 3.25. The van der Waals surface area contributed by atoms with Crippen molar-refractivity contribution in [1.29, 1.82) is 0 Å². The quantitative estimate of drug-likeness (QED) is 0.339. The Bertz CT molecular complexity index is 461. The van der Waals surface area contributed by atoms with E-state index in [1.54, 1.807) is 0 Å². The summed E-state index contributed by atoms with van der Waals surface area (Å²) in [5.41, 5.74) is 2.26. The lowest BCUT2D eigenvalue weighted by atomic mass is 10.2. The van der Waals surface area contributed by atoms with Gasteiger partial charge in [-0.15, -0.1) is 0 Å². The molecule has 1 fully saturated rings. The summed E-state index contributed by atoms with van der Waals surface area (Å²) < 4.78 is 37.3. The van der Waals surface area contributed by atoms with Crippen molar-refractivity contribution >= 4 is 11.6 Å². The van der Waals surface area contributed by atoms with Crippen LogP contribution in [0.4, 0.5) is 18.9 Å². The Morgan fingerprint density at radius 2 is 1.75 bits per heavy atom. The highest BCUT2D eigenvalue weighted by atomic mass is 19.4. The van der Waals surface area contributed by atoms with Crippen LogP contribution in [-0.4, -0.2) is 12.0 Å². The number of nitrogens with two attached hydrogens (primary N) is 1. The molecule has 4 N–H and O–H groups in total. The number of halogens is 3. The SMILES string of the molecule is NNC(=NC1CCCC1)Nc1ccc(C(F)(F)F)cc1. The number of nitrogens with zero attached hydrogens (tertiary/aromatic N) is 1. The van der Waals surface area contributed by atoms with Crippen LogP contribution in [0.15, 0.2) is 29.3 Å². The number of alkyl halides is 3. The Hall–Kier alpha value is -1.76. The van der Waals surface area contributed by atoms with Crippen molar-refractivity contribution < 1.29 is 13.2 Å². The number of anilines is 1. The molecule has 1 aliphatic rings. The van der Waals surface area contributed by atoms with Crippen LogP contribution in [0.2, 0.25) is 0 Å². The molecule has 0 spiro atoms. The minimum atomic E-state index is -4.33. The van der Waals surface area contributed by atoms with Crippen molar-refractivity contribution in [2.45, 2.75) is 37.9 Å². The van der Waals surface area contributed by atoms with Crippen molar-refractivity contribution in [3.63, 3.8) is 0 Å². The number of hydrazine groups is 1. The van der Waals surface area contributed by atoms with E-state index in [1.807, 2.05) is 0 Å².